The molecular weight excluding hydrogens is 408 g/mol. The Morgan fingerprint density at radius 3 is 2.00 bits per heavy atom. The van der Waals surface area contributed by atoms with Gasteiger partial charge < -0.3 is 4.90 Å². The van der Waals surface area contributed by atoms with Crippen LogP contribution in [-0.2, 0) is 22.0 Å². The molecular formula is C25H28N2O3S. The number of anilines is 1. The van der Waals surface area contributed by atoms with Crippen LogP contribution in [0.4, 0.5) is 5.69 Å². The summed E-state index contributed by atoms with van der Waals surface area (Å²) >= 11 is 0. The van der Waals surface area contributed by atoms with Gasteiger partial charge in [-0.25, -0.2) is 8.42 Å². The minimum atomic E-state index is -3.66. The summed E-state index contributed by atoms with van der Waals surface area (Å²) in [6.45, 7) is 7.00. The van der Waals surface area contributed by atoms with Crippen molar-refractivity contribution in [3.63, 3.8) is 0 Å². The van der Waals surface area contributed by atoms with Gasteiger partial charge in [-0.2, -0.15) is 0 Å². The number of benzene rings is 3. The third-order valence-corrected chi connectivity index (χ3v) is 6.42. The van der Waals surface area contributed by atoms with Crippen LogP contribution in [0.1, 0.15) is 42.3 Å². The molecule has 6 heteroatoms. The lowest BCUT2D eigenvalue weighted by molar-refractivity contribution is 0.0785. The summed E-state index contributed by atoms with van der Waals surface area (Å²) in [7, 11) is -1.91. The second kappa shape index (κ2) is 8.94. The Morgan fingerprint density at radius 1 is 0.871 bits per heavy atom. The molecule has 1 N–H and O–H groups in total. The first-order chi connectivity index (χ1) is 14.6. The van der Waals surface area contributed by atoms with E-state index in [0.29, 0.717) is 17.8 Å². The van der Waals surface area contributed by atoms with E-state index < -0.39 is 10.0 Å². The molecule has 0 atom stereocenters. The van der Waals surface area contributed by atoms with Crippen LogP contribution in [0.25, 0.3) is 0 Å². The number of sulfonamides is 1. The molecule has 0 aromatic heterocycles. The van der Waals surface area contributed by atoms with Crippen molar-refractivity contribution in [3.05, 3.63) is 95.6 Å². The topological polar surface area (TPSA) is 66.5 Å². The summed E-state index contributed by atoms with van der Waals surface area (Å²) < 4.78 is 27.4. The van der Waals surface area contributed by atoms with Gasteiger partial charge in [0.25, 0.3) is 15.9 Å². The van der Waals surface area contributed by atoms with Crippen molar-refractivity contribution >= 4 is 21.6 Å². The molecule has 0 spiro atoms. The predicted octanol–water partition coefficient (Wildman–Crippen LogP) is 5.06. The number of hydrogen-bond acceptors (Lipinski definition) is 3. The standard InChI is InChI=1S/C25H28N2O3S/c1-25(2,3)21-14-10-19(11-15-21)18-27(4)24(28)20-12-16-22(17-13-20)26-31(29,30)23-8-6-5-7-9-23/h5-17,26H,18H2,1-4H3. The van der Waals surface area contributed by atoms with Crippen molar-refractivity contribution in [2.45, 2.75) is 37.6 Å². The van der Waals surface area contributed by atoms with Crippen LogP contribution < -0.4 is 4.72 Å². The zero-order valence-electron chi connectivity index (χ0n) is 18.3. The fourth-order valence-electron chi connectivity index (χ4n) is 3.17. The number of amides is 1. The molecule has 5 nitrogen and oxygen atoms in total. The Balaban J connectivity index is 1.66. The van der Waals surface area contributed by atoms with Gasteiger partial charge in [0.05, 0.1) is 4.90 Å². The third-order valence-electron chi connectivity index (χ3n) is 5.02. The number of carbonyl (C=O) groups is 1. The molecule has 0 saturated heterocycles. The van der Waals surface area contributed by atoms with E-state index in [1.54, 1.807) is 54.4 Å². The quantitative estimate of drug-likeness (QED) is 0.587. The molecule has 0 unspecified atom stereocenters. The molecule has 0 fully saturated rings. The van der Waals surface area contributed by atoms with E-state index >= 15 is 0 Å². The van der Waals surface area contributed by atoms with Crippen LogP contribution in [0.15, 0.2) is 83.8 Å². The average Bonchev–Trinajstić information content (AvgIpc) is 2.74. The Hall–Kier alpha value is -3.12. The average molecular weight is 437 g/mol. The molecule has 162 valence electrons. The van der Waals surface area contributed by atoms with E-state index in [1.807, 2.05) is 12.1 Å². The van der Waals surface area contributed by atoms with Crippen LogP contribution in [0.2, 0.25) is 0 Å². The van der Waals surface area contributed by atoms with Crippen molar-refractivity contribution in [3.8, 4) is 0 Å². The largest absolute Gasteiger partial charge is 0.337 e. The van der Waals surface area contributed by atoms with Crippen LogP contribution in [-0.4, -0.2) is 26.3 Å². The maximum atomic E-state index is 12.8. The van der Waals surface area contributed by atoms with E-state index in [-0.39, 0.29) is 16.2 Å². The lowest BCUT2D eigenvalue weighted by atomic mass is 9.87. The van der Waals surface area contributed by atoms with Gasteiger partial charge >= 0.3 is 0 Å². The molecule has 0 saturated carbocycles. The Bertz CT molecular complexity index is 1130. The zero-order valence-corrected chi connectivity index (χ0v) is 19.1. The van der Waals surface area contributed by atoms with Crippen molar-refractivity contribution in [2.75, 3.05) is 11.8 Å². The first-order valence-electron chi connectivity index (χ1n) is 10.1. The van der Waals surface area contributed by atoms with Crippen LogP contribution in [0.5, 0.6) is 0 Å². The highest BCUT2D eigenvalue weighted by Gasteiger charge is 2.16. The highest BCUT2D eigenvalue weighted by molar-refractivity contribution is 7.92. The van der Waals surface area contributed by atoms with Gasteiger partial charge in [-0.1, -0.05) is 63.2 Å². The van der Waals surface area contributed by atoms with E-state index in [2.05, 4.69) is 37.6 Å². The number of carbonyl (C=O) groups excluding carboxylic acids is 1. The molecule has 0 aliphatic carbocycles. The molecule has 0 heterocycles. The summed E-state index contributed by atoms with van der Waals surface area (Å²) in [4.78, 5) is 14.6. The van der Waals surface area contributed by atoms with Crippen LogP contribution in [0, 0.1) is 0 Å². The van der Waals surface area contributed by atoms with Crippen molar-refractivity contribution < 1.29 is 13.2 Å². The highest BCUT2D eigenvalue weighted by Crippen LogP contribution is 2.23. The first kappa shape index (κ1) is 22.6. The number of rotatable bonds is 6. The number of nitrogens with zero attached hydrogens (tertiary/aromatic N) is 1. The van der Waals surface area contributed by atoms with E-state index in [1.165, 1.54) is 17.7 Å². The Kier molecular flexibility index (Phi) is 6.51. The maximum Gasteiger partial charge on any atom is 0.261 e. The highest BCUT2D eigenvalue weighted by atomic mass is 32.2. The van der Waals surface area contributed by atoms with Gasteiger partial charge in [-0.15, -0.1) is 0 Å². The van der Waals surface area contributed by atoms with Gasteiger partial charge in [0, 0.05) is 24.8 Å². The van der Waals surface area contributed by atoms with Crippen molar-refractivity contribution in [1.82, 2.24) is 4.90 Å². The second-order valence-electron chi connectivity index (χ2n) is 8.60. The molecule has 3 rings (SSSR count). The first-order valence-corrected chi connectivity index (χ1v) is 11.6. The summed E-state index contributed by atoms with van der Waals surface area (Å²) in [6.07, 6.45) is 0. The van der Waals surface area contributed by atoms with Gasteiger partial charge in [-0.3, -0.25) is 9.52 Å². The predicted molar refractivity (Wildman–Crippen MR) is 125 cm³/mol. The molecule has 0 aliphatic heterocycles. The van der Waals surface area contributed by atoms with E-state index in [0.717, 1.165) is 5.56 Å². The SMILES string of the molecule is CN(Cc1ccc(C(C)(C)C)cc1)C(=O)c1ccc(NS(=O)(=O)c2ccccc2)cc1. The summed E-state index contributed by atoms with van der Waals surface area (Å²) in [5.74, 6) is -0.127. The van der Waals surface area contributed by atoms with E-state index in [9.17, 15) is 13.2 Å². The summed E-state index contributed by atoms with van der Waals surface area (Å²) in [5, 5.41) is 0. The van der Waals surface area contributed by atoms with Gasteiger partial charge in [-0.05, 0) is 52.9 Å². The Labute approximate surface area is 184 Å². The third kappa shape index (κ3) is 5.73. The minimum absolute atomic E-state index is 0.0873. The molecule has 1 amide bonds. The number of nitrogens with one attached hydrogen (secondary N) is 1. The van der Waals surface area contributed by atoms with Crippen LogP contribution in [0.3, 0.4) is 0 Å². The van der Waals surface area contributed by atoms with Crippen molar-refractivity contribution in [1.29, 1.82) is 0 Å². The second-order valence-corrected chi connectivity index (χ2v) is 10.3. The van der Waals surface area contributed by atoms with E-state index in [4.69, 9.17) is 0 Å². The summed E-state index contributed by atoms with van der Waals surface area (Å²) in [5.41, 5.74) is 3.29. The van der Waals surface area contributed by atoms with Gasteiger partial charge in [0.2, 0.25) is 0 Å². The molecule has 31 heavy (non-hydrogen) atoms. The van der Waals surface area contributed by atoms with Gasteiger partial charge in [0.1, 0.15) is 0 Å². The molecule has 0 radical (unpaired) electrons. The molecule has 0 bridgehead atoms. The smallest absolute Gasteiger partial charge is 0.261 e. The fourth-order valence-corrected chi connectivity index (χ4v) is 4.25. The monoisotopic (exact) mass is 436 g/mol. The normalized spacial score (nSPS) is 11.7. The van der Waals surface area contributed by atoms with Gasteiger partial charge in [0.15, 0.2) is 0 Å². The fraction of sp³-hybridized carbons (Fsp3) is 0.240. The maximum absolute atomic E-state index is 12.8. The number of hydrogen-bond donors (Lipinski definition) is 1. The molecule has 3 aromatic rings. The van der Waals surface area contributed by atoms with Crippen LogP contribution >= 0.6 is 0 Å². The molecule has 0 aliphatic rings. The van der Waals surface area contributed by atoms with Crippen molar-refractivity contribution in [2.24, 2.45) is 0 Å². The zero-order chi connectivity index (χ0) is 22.6. The minimum Gasteiger partial charge on any atom is -0.337 e. The Morgan fingerprint density at radius 2 is 1.45 bits per heavy atom. The lowest BCUT2D eigenvalue weighted by Gasteiger charge is -2.21. The molecule has 3 aromatic carbocycles. The lowest BCUT2D eigenvalue weighted by Crippen LogP contribution is -2.26. The summed E-state index contributed by atoms with van der Waals surface area (Å²) in [6, 6.07) is 22.9.